The number of methoxy groups -OCH3 is 1. The van der Waals surface area contributed by atoms with E-state index in [0.717, 1.165) is 22.6 Å². The van der Waals surface area contributed by atoms with Crippen LogP contribution in [0.4, 0.5) is 5.69 Å². The van der Waals surface area contributed by atoms with Crippen molar-refractivity contribution in [3.8, 4) is 5.75 Å². The van der Waals surface area contributed by atoms with Crippen LogP contribution in [0.5, 0.6) is 5.75 Å². The molecule has 0 unspecified atom stereocenters. The molecule has 0 saturated carbocycles. The predicted octanol–water partition coefficient (Wildman–Crippen LogP) is 2.53. The maximum Gasteiger partial charge on any atom is 0.238 e. The number of nitrogens with one attached hydrogen (secondary N) is 1. The highest BCUT2D eigenvalue weighted by Crippen LogP contribution is 2.13. The average Bonchev–Trinajstić information content (AvgIpc) is 2.64. The van der Waals surface area contributed by atoms with Crippen LogP contribution < -0.4 is 10.1 Å². The summed E-state index contributed by atoms with van der Waals surface area (Å²) in [6.45, 7) is 2.82. The Morgan fingerprint density at radius 1 is 0.963 bits per heavy atom. The third-order valence-electron chi connectivity index (χ3n) is 4.16. The lowest BCUT2D eigenvalue weighted by Crippen LogP contribution is -2.39. The number of likely N-dealkylation sites (N-methyl/N-ethyl adjacent to an activating group) is 2. The molecular weight excluding hydrogens is 342 g/mol. The molecule has 0 fully saturated rings. The third kappa shape index (κ3) is 6.75. The molecule has 6 heteroatoms. The monoisotopic (exact) mass is 369 g/mol. The van der Waals surface area contributed by atoms with Crippen molar-refractivity contribution in [1.29, 1.82) is 0 Å². The minimum Gasteiger partial charge on any atom is -0.497 e. The summed E-state index contributed by atoms with van der Waals surface area (Å²) in [7, 11) is 5.14. The molecule has 27 heavy (non-hydrogen) atoms. The van der Waals surface area contributed by atoms with Gasteiger partial charge in [0.1, 0.15) is 5.75 Å². The molecule has 0 aliphatic carbocycles. The predicted molar refractivity (Wildman–Crippen MR) is 107 cm³/mol. The largest absolute Gasteiger partial charge is 0.497 e. The van der Waals surface area contributed by atoms with Crippen molar-refractivity contribution < 1.29 is 14.3 Å². The van der Waals surface area contributed by atoms with Gasteiger partial charge in [0.15, 0.2) is 0 Å². The summed E-state index contributed by atoms with van der Waals surface area (Å²) in [6, 6.07) is 15.2. The molecule has 0 aliphatic heterocycles. The van der Waals surface area contributed by atoms with E-state index in [4.69, 9.17) is 4.74 Å². The number of nitrogens with zero attached hydrogens (tertiary/aromatic N) is 2. The first-order valence-electron chi connectivity index (χ1n) is 8.79. The number of benzene rings is 2. The van der Waals surface area contributed by atoms with Gasteiger partial charge in [-0.25, -0.2) is 0 Å². The molecular formula is C21H27N3O3. The molecule has 2 amide bonds. The zero-order valence-corrected chi connectivity index (χ0v) is 16.4. The van der Waals surface area contributed by atoms with E-state index in [1.165, 1.54) is 0 Å². The highest BCUT2D eigenvalue weighted by Gasteiger charge is 2.14. The zero-order chi connectivity index (χ0) is 19.8. The van der Waals surface area contributed by atoms with E-state index >= 15 is 0 Å². The summed E-state index contributed by atoms with van der Waals surface area (Å²) in [5.74, 6) is 0.593. The van der Waals surface area contributed by atoms with Crippen molar-refractivity contribution >= 4 is 17.5 Å². The van der Waals surface area contributed by atoms with Gasteiger partial charge in [-0.05, 0) is 43.8 Å². The summed E-state index contributed by atoms with van der Waals surface area (Å²) >= 11 is 0. The highest BCUT2D eigenvalue weighted by atomic mass is 16.5. The molecule has 1 N–H and O–H groups in total. The van der Waals surface area contributed by atoms with E-state index in [1.54, 1.807) is 31.0 Å². The molecule has 0 heterocycles. The number of rotatable bonds is 8. The molecule has 0 bridgehead atoms. The summed E-state index contributed by atoms with van der Waals surface area (Å²) in [6.07, 6.45) is 0. The Morgan fingerprint density at radius 3 is 2.19 bits per heavy atom. The maximum atomic E-state index is 12.4. The van der Waals surface area contributed by atoms with Crippen LogP contribution in [-0.4, -0.2) is 55.9 Å². The van der Waals surface area contributed by atoms with Crippen LogP contribution in [0, 0.1) is 6.92 Å². The molecule has 0 aromatic heterocycles. The molecule has 0 saturated heterocycles. The van der Waals surface area contributed by atoms with Crippen LogP contribution in [0.1, 0.15) is 11.1 Å². The molecule has 6 nitrogen and oxygen atoms in total. The Labute approximate surface area is 160 Å². The molecule has 0 aliphatic rings. The van der Waals surface area contributed by atoms with Crippen molar-refractivity contribution in [1.82, 2.24) is 9.80 Å². The van der Waals surface area contributed by atoms with Gasteiger partial charge in [-0.15, -0.1) is 0 Å². The Bertz CT molecular complexity index is 757. The number of ether oxygens (including phenoxy) is 1. The van der Waals surface area contributed by atoms with Gasteiger partial charge in [0, 0.05) is 19.3 Å². The van der Waals surface area contributed by atoms with Crippen LogP contribution in [0.25, 0.3) is 0 Å². The van der Waals surface area contributed by atoms with E-state index in [-0.39, 0.29) is 24.9 Å². The number of amides is 2. The van der Waals surface area contributed by atoms with Crippen molar-refractivity contribution in [2.45, 2.75) is 13.5 Å². The van der Waals surface area contributed by atoms with Crippen LogP contribution in [0.3, 0.4) is 0 Å². The van der Waals surface area contributed by atoms with E-state index in [1.807, 2.05) is 55.5 Å². The average molecular weight is 369 g/mol. The normalized spacial score (nSPS) is 10.6. The maximum absolute atomic E-state index is 12.4. The first-order valence-corrected chi connectivity index (χ1v) is 8.79. The standard InChI is InChI=1S/C21H27N3O3/c1-16-5-9-18(10-6-16)22-20(25)14-23(2)15-21(26)24(3)13-17-7-11-19(27-4)12-8-17/h5-12H,13-15H2,1-4H3,(H,22,25). The second kappa shape index (κ2) is 9.73. The van der Waals surface area contributed by atoms with Crippen LogP contribution in [0.2, 0.25) is 0 Å². The van der Waals surface area contributed by atoms with Crippen LogP contribution in [0.15, 0.2) is 48.5 Å². The van der Waals surface area contributed by atoms with Gasteiger partial charge in [-0.3, -0.25) is 14.5 Å². The third-order valence-corrected chi connectivity index (χ3v) is 4.16. The first kappa shape index (κ1) is 20.5. The number of carbonyl (C=O) groups is 2. The lowest BCUT2D eigenvalue weighted by Gasteiger charge is -2.22. The van der Waals surface area contributed by atoms with E-state index < -0.39 is 0 Å². The molecule has 0 radical (unpaired) electrons. The van der Waals surface area contributed by atoms with Crippen LogP contribution in [-0.2, 0) is 16.1 Å². The molecule has 144 valence electrons. The molecule has 2 aromatic rings. The zero-order valence-electron chi connectivity index (χ0n) is 16.4. The molecule has 2 aromatic carbocycles. The van der Waals surface area contributed by atoms with E-state index in [0.29, 0.717) is 6.54 Å². The van der Waals surface area contributed by atoms with Gasteiger partial charge >= 0.3 is 0 Å². The van der Waals surface area contributed by atoms with Crippen molar-refractivity contribution in [3.63, 3.8) is 0 Å². The Balaban J connectivity index is 1.79. The summed E-state index contributed by atoms with van der Waals surface area (Å²) < 4.78 is 5.13. The van der Waals surface area contributed by atoms with Crippen molar-refractivity contribution in [3.05, 3.63) is 59.7 Å². The van der Waals surface area contributed by atoms with Gasteiger partial charge in [-0.1, -0.05) is 29.8 Å². The van der Waals surface area contributed by atoms with Crippen molar-refractivity contribution in [2.24, 2.45) is 0 Å². The Kier molecular flexibility index (Phi) is 7.37. The minimum atomic E-state index is -0.146. The second-order valence-electron chi connectivity index (χ2n) is 6.68. The lowest BCUT2D eigenvalue weighted by molar-refractivity contribution is -0.131. The number of aryl methyl sites for hydroxylation is 1. The summed E-state index contributed by atoms with van der Waals surface area (Å²) in [5, 5.41) is 2.84. The van der Waals surface area contributed by atoms with E-state index in [2.05, 4.69) is 5.32 Å². The number of hydrogen-bond donors (Lipinski definition) is 1. The number of anilines is 1. The van der Waals surface area contributed by atoms with E-state index in [9.17, 15) is 9.59 Å². The Hall–Kier alpha value is -2.86. The van der Waals surface area contributed by atoms with Crippen LogP contribution >= 0.6 is 0 Å². The molecule has 0 atom stereocenters. The lowest BCUT2D eigenvalue weighted by atomic mass is 10.2. The van der Waals surface area contributed by atoms with Gasteiger partial charge < -0.3 is 15.0 Å². The first-order chi connectivity index (χ1) is 12.9. The molecule has 2 rings (SSSR count). The fourth-order valence-corrected chi connectivity index (χ4v) is 2.58. The van der Waals surface area contributed by atoms with Crippen molar-refractivity contribution in [2.75, 3.05) is 39.6 Å². The number of hydrogen-bond acceptors (Lipinski definition) is 4. The Morgan fingerprint density at radius 2 is 1.59 bits per heavy atom. The van der Waals surface area contributed by atoms with Gasteiger partial charge in [-0.2, -0.15) is 0 Å². The summed E-state index contributed by atoms with van der Waals surface area (Å²) in [5.41, 5.74) is 2.91. The fraction of sp³-hybridized carbons (Fsp3) is 0.333. The molecule has 0 spiro atoms. The highest BCUT2D eigenvalue weighted by molar-refractivity contribution is 5.92. The fourth-order valence-electron chi connectivity index (χ4n) is 2.58. The number of carbonyl (C=O) groups excluding carboxylic acids is 2. The van der Waals surface area contributed by atoms with Gasteiger partial charge in [0.05, 0.1) is 20.2 Å². The quantitative estimate of drug-likeness (QED) is 0.777. The second-order valence-corrected chi connectivity index (χ2v) is 6.68. The topological polar surface area (TPSA) is 61.9 Å². The summed E-state index contributed by atoms with van der Waals surface area (Å²) in [4.78, 5) is 27.9. The SMILES string of the molecule is COc1ccc(CN(C)C(=O)CN(C)CC(=O)Nc2ccc(C)cc2)cc1. The van der Waals surface area contributed by atoms with Gasteiger partial charge in [0.2, 0.25) is 11.8 Å². The van der Waals surface area contributed by atoms with Gasteiger partial charge in [0.25, 0.3) is 0 Å². The minimum absolute atomic E-state index is 0.0450. The smallest absolute Gasteiger partial charge is 0.238 e.